The van der Waals surface area contributed by atoms with E-state index in [1.54, 1.807) is 19.6 Å². The Labute approximate surface area is 196 Å². The third kappa shape index (κ3) is 3.31. The van der Waals surface area contributed by atoms with Crippen molar-refractivity contribution in [2.24, 2.45) is 0 Å². The first kappa shape index (κ1) is 20.4. The van der Waals surface area contributed by atoms with Gasteiger partial charge in [-0.1, -0.05) is 42.5 Å². The third-order valence-corrected chi connectivity index (χ3v) is 6.45. The topological polar surface area (TPSA) is 80.3 Å². The van der Waals surface area contributed by atoms with E-state index < -0.39 is 5.60 Å². The highest BCUT2D eigenvalue weighted by atomic mass is 16.5. The summed E-state index contributed by atoms with van der Waals surface area (Å²) in [5.41, 5.74) is 4.51. The summed E-state index contributed by atoms with van der Waals surface area (Å²) in [7, 11) is 1.62. The second kappa shape index (κ2) is 8.01. The predicted molar refractivity (Wildman–Crippen MR) is 130 cm³/mol. The molecule has 6 heteroatoms. The molecule has 6 nitrogen and oxygen atoms in total. The number of fused-ring (bicyclic) bond motifs is 6. The summed E-state index contributed by atoms with van der Waals surface area (Å²) in [6.45, 7) is 0.524. The molecule has 0 aliphatic carbocycles. The molecule has 0 amide bonds. The number of benzene rings is 3. The molecule has 1 atom stereocenters. The van der Waals surface area contributed by atoms with Crippen molar-refractivity contribution >= 4 is 10.9 Å². The van der Waals surface area contributed by atoms with E-state index in [4.69, 9.17) is 9.47 Å². The van der Waals surface area contributed by atoms with Crippen molar-refractivity contribution in [1.29, 1.82) is 0 Å². The van der Waals surface area contributed by atoms with Gasteiger partial charge in [0.15, 0.2) is 5.60 Å². The number of ether oxygens (including phenoxy) is 2. The molecule has 2 N–H and O–H groups in total. The molecular formula is C28H23N3O3. The van der Waals surface area contributed by atoms with Crippen molar-refractivity contribution in [2.75, 3.05) is 13.7 Å². The number of H-pyrrole nitrogens is 1. The van der Waals surface area contributed by atoms with Crippen molar-refractivity contribution in [2.45, 2.75) is 12.0 Å². The molecule has 6 rings (SSSR count). The quantitative estimate of drug-likeness (QED) is 0.403. The van der Waals surface area contributed by atoms with Crippen LogP contribution in [0.2, 0.25) is 0 Å². The van der Waals surface area contributed by atoms with Gasteiger partial charge in [0.2, 0.25) is 5.88 Å². The Morgan fingerprint density at radius 2 is 1.88 bits per heavy atom. The van der Waals surface area contributed by atoms with E-state index in [-0.39, 0.29) is 0 Å². The number of aromatic amines is 1. The van der Waals surface area contributed by atoms with E-state index in [9.17, 15) is 5.11 Å². The molecule has 0 fully saturated rings. The van der Waals surface area contributed by atoms with Gasteiger partial charge in [0, 0.05) is 17.9 Å². The summed E-state index contributed by atoms with van der Waals surface area (Å²) in [5, 5.41) is 13.2. The fourth-order valence-electron chi connectivity index (χ4n) is 4.69. The largest absolute Gasteiger partial charge is 0.493 e. The summed E-state index contributed by atoms with van der Waals surface area (Å²) in [6, 6.07) is 23.8. The zero-order chi connectivity index (χ0) is 23.1. The molecule has 34 heavy (non-hydrogen) atoms. The number of imidazole rings is 1. The maximum Gasteiger partial charge on any atom is 0.214 e. The van der Waals surface area contributed by atoms with Crippen LogP contribution >= 0.6 is 0 Å². The number of nitrogens with zero attached hydrogens (tertiary/aromatic N) is 2. The maximum absolute atomic E-state index is 12.3. The van der Waals surface area contributed by atoms with E-state index in [2.05, 4.69) is 39.2 Å². The van der Waals surface area contributed by atoms with Crippen LogP contribution in [-0.4, -0.2) is 33.8 Å². The lowest BCUT2D eigenvalue weighted by Crippen LogP contribution is -2.29. The smallest absolute Gasteiger partial charge is 0.214 e. The van der Waals surface area contributed by atoms with Crippen molar-refractivity contribution in [3.63, 3.8) is 0 Å². The van der Waals surface area contributed by atoms with Crippen molar-refractivity contribution < 1.29 is 14.6 Å². The number of nitrogens with one attached hydrogen (secondary N) is 1. The van der Waals surface area contributed by atoms with Crippen LogP contribution in [-0.2, 0) is 12.0 Å². The summed E-state index contributed by atoms with van der Waals surface area (Å²) in [6.07, 6.45) is 3.98. The number of methoxy groups -OCH3 is 1. The minimum atomic E-state index is -1.47. The Balaban J connectivity index is 1.70. The highest BCUT2D eigenvalue weighted by Gasteiger charge is 2.36. The third-order valence-electron chi connectivity index (χ3n) is 6.45. The van der Waals surface area contributed by atoms with Crippen LogP contribution in [0.25, 0.3) is 22.0 Å². The highest BCUT2D eigenvalue weighted by Crippen LogP contribution is 2.40. The second-order valence-electron chi connectivity index (χ2n) is 8.45. The molecular weight excluding hydrogens is 426 g/mol. The normalized spacial score (nSPS) is 17.2. The average Bonchev–Trinajstić information content (AvgIpc) is 3.43. The molecule has 0 saturated carbocycles. The fraction of sp³-hybridized carbons (Fsp3) is 0.143. The number of hydrogen-bond donors (Lipinski definition) is 2. The zero-order valence-corrected chi connectivity index (χ0v) is 18.7. The molecule has 3 aromatic carbocycles. The molecule has 6 bridgehead atoms. The first-order valence-corrected chi connectivity index (χ1v) is 11.2. The number of aromatic nitrogens is 3. The molecule has 168 valence electrons. The predicted octanol–water partition coefficient (Wildman–Crippen LogP) is 4.85. The Morgan fingerprint density at radius 3 is 2.74 bits per heavy atom. The van der Waals surface area contributed by atoms with Gasteiger partial charge >= 0.3 is 0 Å². The van der Waals surface area contributed by atoms with E-state index >= 15 is 0 Å². The van der Waals surface area contributed by atoms with Gasteiger partial charge in [-0.2, -0.15) is 0 Å². The molecule has 2 aromatic heterocycles. The molecule has 0 radical (unpaired) electrons. The standard InChI is InChI=1S/C28H23N3O3/c1-33-27-15-23-19-5-2-4-18(12-19)10-11-34-22-7-3-6-20(13-22)28(32,26-16-29-17-30-26)21-8-9-25(31-27)24(23)14-21/h2-9,12-17,32H,10-11H2,1H3,(H,29,30). The van der Waals surface area contributed by atoms with Gasteiger partial charge in [0.25, 0.3) is 0 Å². The van der Waals surface area contributed by atoms with Gasteiger partial charge in [-0.25, -0.2) is 9.97 Å². The molecule has 0 spiro atoms. The minimum Gasteiger partial charge on any atom is -0.493 e. The van der Waals surface area contributed by atoms with Gasteiger partial charge in [-0.15, -0.1) is 0 Å². The van der Waals surface area contributed by atoms with Crippen molar-refractivity contribution in [3.05, 3.63) is 108 Å². The lowest BCUT2D eigenvalue weighted by molar-refractivity contribution is 0.121. The molecule has 3 heterocycles. The Morgan fingerprint density at radius 1 is 1.00 bits per heavy atom. The number of rotatable bonds is 2. The minimum absolute atomic E-state index is 0.524. The van der Waals surface area contributed by atoms with E-state index in [1.807, 2.05) is 48.5 Å². The van der Waals surface area contributed by atoms with Gasteiger partial charge in [0.1, 0.15) is 5.75 Å². The Bertz CT molecular complexity index is 1500. The summed E-state index contributed by atoms with van der Waals surface area (Å²) < 4.78 is 11.6. The summed E-state index contributed by atoms with van der Waals surface area (Å²) in [4.78, 5) is 12.0. The van der Waals surface area contributed by atoms with Crippen molar-refractivity contribution in [1.82, 2.24) is 15.0 Å². The van der Waals surface area contributed by atoms with Crippen LogP contribution in [0.15, 0.2) is 85.3 Å². The Hall–Kier alpha value is -4.16. The van der Waals surface area contributed by atoms with E-state index in [0.717, 1.165) is 28.5 Å². The molecule has 1 aliphatic heterocycles. The molecule has 0 saturated heterocycles. The van der Waals surface area contributed by atoms with Crippen LogP contribution in [0.5, 0.6) is 11.6 Å². The molecule has 5 aromatic rings. The lowest BCUT2D eigenvalue weighted by Gasteiger charge is -2.29. The summed E-state index contributed by atoms with van der Waals surface area (Å²) in [5.74, 6) is 1.25. The number of aliphatic hydroxyl groups is 1. The van der Waals surface area contributed by atoms with Crippen molar-refractivity contribution in [3.8, 4) is 22.8 Å². The van der Waals surface area contributed by atoms with Gasteiger partial charge in [-0.3, -0.25) is 0 Å². The van der Waals surface area contributed by atoms with Crippen LogP contribution in [0.4, 0.5) is 0 Å². The number of pyridine rings is 1. The lowest BCUT2D eigenvalue weighted by atomic mass is 9.82. The SMILES string of the molecule is COc1cc2c3cc(ccc3n1)C(O)(c1cnc[nH]1)c1cccc(c1)OCCc1cccc-2c1. The van der Waals surface area contributed by atoms with E-state index in [0.29, 0.717) is 35.1 Å². The van der Waals surface area contributed by atoms with E-state index in [1.165, 1.54) is 5.56 Å². The highest BCUT2D eigenvalue weighted by molar-refractivity contribution is 5.96. The maximum atomic E-state index is 12.3. The zero-order valence-electron chi connectivity index (χ0n) is 18.7. The van der Waals surface area contributed by atoms with Crippen LogP contribution in [0.3, 0.4) is 0 Å². The molecule has 1 unspecified atom stereocenters. The first-order valence-electron chi connectivity index (χ1n) is 11.2. The number of hydrogen-bond acceptors (Lipinski definition) is 5. The average molecular weight is 450 g/mol. The van der Waals surface area contributed by atoms with Gasteiger partial charge in [-0.05, 0) is 52.1 Å². The van der Waals surface area contributed by atoms with Crippen LogP contribution in [0, 0.1) is 0 Å². The van der Waals surface area contributed by atoms with Gasteiger partial charge in [0.05, 0.1) is 37.5 Å². The first-order chi connectivity index (χ1) is 16.6. The second-order valence-corrected chi connectivity index (χ2v) is 8.45. The van der Waals surface area contributed by atoms with Gasteiger partial charge < -0.3 is 19.6 Å². The Kier molecular flexibility index (Phi) is 4.81. The fourth-order valence-corrected chi connectivity index (χ4v) is 4.69. The van der Waals surface area contributed by atoms with Crippen LogP contribution < -0.4 is 9.47 Å². The molecule has 1 aliphatic rings. The monoisotopic (exact) mass is 449 g/mol. The van der Waals surface area contributed by atoms with Crippen LogP contribution in [0.1, 0.15) is 22.4 Å². The summed E-state index contributed by atoms with van der Waals surface area (Å²) >= 11 is 0.